The van der Waals surface area contributed by atoms with E-state index in [1.54, 1.807) is 12.4 Å². The first kappa shape index (κ1) is 9.39. The van der Waals surface area contributed by atoms with Crippen LogP contribution in [0.15, 0.2) is 0 Å². The van der Waals surface area contributed by atoms with Gasteiger partial charge in [-0.15, -0.1) is 0 Å². The highest BCUT2D eigenvalue weighted by Gasteiger charge is 2.21. The van der Waals surface area contributed by atoms with Crippen molar-refractivity contribution < 1.29 is 15.1 Å². The van der Waals surface area contributed by atoms with Crippen molar-refractivity contribution in [1.29, 1.82) is 0 Å². The zero-order valence-electron chi connectivity index (χ0n) is 6.16. The van der Waals surface area contributed by atoms with Crippen LogP contribution in [-0.4, -0.2) is 22.3 Å². The third-order valence-corrected chi connectivity index (χ3v) is 1.62. The van der Waals surface area contributed by atoms with Gasteiger partial charge in [-0.05, 0) is 5.92 Å². The number of carboxylic acids is 1. The van der Waals surface area contributed by atoms with Gasteiger partial charge in [0, 0.05) is 0 Å². The normalized spacial score (nSPS) is 16.3. The summed E-state index contributed by atoms with van der Waals surface area (Å²) in [5.41, 5.74) is 1.75. The molecule has 4 nitrogen and oxygen atoms in total. The highest BCUT2D eigenvalue weighted by atomic mass is 16.5. The number of aliphatic carboxylic acids is 1. The average Bonchev–Trinajstić information content (AvgIpc) is 1.88. The van der Waals surface area contributed by atoms with Gasteiger partial charge in [-0.25, -0.2) is 0 Å². The van der Waals surface area contributed by atoms with Crippen LogP contribution >= 0.6 is 0 Å². The van der Waals surface area contributed by atoms with Crippen molar-refractivity contribution in [3.8, 4) is 0 Å². The Kier molecular flexibility index (Phi) is 3.99. The summed E-state index contributed by atoms with van der Waals surface area (Å²) in [7, 11) is 0. The van der Waals surface area contributed by atoms with Crippen LogP contribution in [0.5, 0.6) is 0 Å². The lowest BCUT2D eigenvalue weighted by Gasteiger charge is -2.15. The summed E-state index contributed by atoms with van der Waals surface area (Å²) in [6.07, 6.45) is 0.727. The van der Waals surface area contributed by atoms with Crippen LogP contribution in [0.3, 0.4) is 0 Å². The summed E-state index contributed by atoms with van der Waals surface area (Å²) in [5, 5.41) is 16.8. The average molecular weight is 147 g/mol. The van der Waals surface area contributed by atoms with Crippen LogP contribution in [0.1, 0.15) is 20.3 Å². The Morgan fingerprint density at radius 2 is 2.20 bits per heavy atom. The van der Waals surface area contributed by atoms with Crippen molar-refractivity contribution in [2.45, 2.75) is 26.3 Å². The van der Waals surface area contributed by atoms with Gasteiger partial charge in [0.25, 0.3) is 0 Å². The van der Waals surface area contributed by atoms with Crippen molar-refractivity contribution >= 4 is 5.97 Å². The second-order valence-corrected chi connectivity index (χ2v) is 2.33. The topological polar surface area (TPSA) is 69.6 Å². The van der Waals surface area contributed by atoms with E-state index in [4.69, 9.17) is 10.3 Å². The van der Waals surface area contributed by atoms with Crippen molar-refractivity contribution in [2.24, 2.45) is 5.92 Å². The van der Waals surface area contributed by atoms with Gasteiger partial charge in [-0.1, -0.05) is 20.3 Å². The Morgan fingerprint density at radius 1 is 1.70 bits per heavy atom. The Bertz CT molecular complexity index is 116. The van der Waals surface area contributed by atoms with Crippen molar-refractivity contribution in [3.63, 3.8) is 0 Å². The van der Waals surface area contributed by atoms with Crippen LogP contribution in [0.2, 0.25) is 0 Å². The van der Waals surface area contributed by atoms with Crippen molar-refractivity contribution in [3.05, 3.63) is 0 Å². The van der Waals surface area contributed by atoms with Crippen molar-refractivity contribution in [1.82, 2.24) is 5.48 Å². The number of carbonyl (C=O) groups is 1. The number of hydrogen-bond acceptors (Lipinski definition) is 3. The summed E-state index contributed by atoms with van der Waals surface area (Å²) in [5.74, 6) is -1.07. The lowest BCUT2D eigenvalue weighted by molar-refractivity contribution is -0.144. The Balaban J connectivity index is 3.92. The van der Waals surface area contributed by atoms with Gasteiger partial charge >= 0.3 is 5.97 Å². The molecule has 10 heavy (non-hydrogen) atoms. The molecule has 0 radical (unpaired) electrons. The van der Waals surface area contributed by atoms with Gasteiger partial charge in [0.1, 0.15) is 6.04 Å². The minimum absolute atomic E-state index is 0.0532. The minimum Gasteiger partial charge on any atom is -0.480 e. The molecule has 0 aromatic rings. The molecule has 0 heterocycles. The number of hydroxylamine groups is 1. The first-order chi connectivity index (χ1) is 4.63. The zero-order chi connectivity index (χ0) is 8.15. The highest BCUT2D eigenvalue weighted by molar-refractivity contribution is 5.73. The van der Waals surface area contributed by atoms with Crippen LogP contribution < -0.4 is 5.48 Å². The molecule has 0 aliphatic carbocycles. The Labute approximate surface area is 59.8 Å². The zero-order valence-corrected chi connectivity index (χ0v) is 6.16. The van der Waals surface area contributed by atoms with Gasteiger partial charge < -0.3 is 10.3 Å². The summed E-state index contributed by atoms with van der Waals surface area (Å²) in [6, 6.07) is -0.843. The molecule has 0 spiro atoms. The maximum atomic E-state index is 10.3. The van der Waals surface area contributed by atoms with Crippen LogP contribution in [-0.2, 0) is 4.79 Å². The lowest BCUT2D eigenvalue weighted by atomic mass is 10.0. The molecule has 0 aromatic carbocycles. The molecule has 0 bridgehead atoms. The van der Waals surface area contributed by atoms with E-state index >= 15 is 0 Å². The van der Waals surface area contributed by atoms with Gasteiger partial charge in [0.15, 0.2) is 0 Å². The molecular formula is C6H13NO3. The molecule has 0 saturated heterocycles. The number of rotatable bonds is 4. The molecule has 0 rings (SSSR count). The van der Waals surface area contributed by atoms with E-state index in [1.807, 2.05) is 6.92 Å². The second-order valence-electron chi connectivity index (χ2n) is 2.33. The maximum absolute atomic E-state index is 10.3. The van der Waals surface area contributed by atoms with Gasteiger partial charge in [0.2, 0.25) is 0 Å². The Morgan fingerprint density at radius 3 is 2.30 bits per heavy atom. The largest absolute Gasteiger partial charge is 0.480 e. The van der Waals surface area contributed by atoms with E-state index in [-0.39, 0.29) is 5.92 Å². The standard InChI is InChI=1S/C6H13NO3/c1-3-4(2)5(7-10)6(8)9/h4-5,7,10H,3H2,1-2H3,(H,8,9)/t4-,5+/m0/s1. The molecule has 2 atom stereocenters. The van der Waals surface area contributed by atoms with Crippen LogP contribution in [0.25, 0.3) is 0 Å². The van der Waals surface area contributed by atoms with E-state index in [9.17, 15) is 4.79 Å². The molecule has 0 fully saturated rings. The quantitative estimate of drug-likeness (QED) is 0.505. The van der Waals surface area contributed by atoms with Gasteiger partial charge in [-0.3, -0.25) is 4.79 Å². The maximum Gasteiger partial charge on any atom is 0.323 e. The molecular weight excluding hydrogens is 134 g/mol. The third-order valence-electron chi connectivity index (χ3n) is 1.62. The molecule has 0 saturated carbocycles. The van der Waals surface area contributed by atoms with Crippen LogP contribution in [0.4, 0.5) is 0 Å². The SMILES string of the molecule is CC[C@H](C)[C@@H](NO)C(=O)O. The first-order valence-electron chi connectivity index (χ1n) is 3.25. The molecule has 0 aliphatic rings. The van der Waals surface area contributed by atoms with Crippen molar-refractivity contribution in [2.75, 3.05) is 0 Å². The molecule has 0 aliphatic heterocycles. The molecule has 3 N–H and O–H groups in total. The first-order valence-corrected chi connectivity index (χ1v) is 3.25. The predicted molar refractivity (Wildman–Crippen MR) is 35.8 cm³/mol. The fraction of sp³-hybridized carbons (Fsp3) is 0.833. The van der Waals surface area contributed by atoms with E-state index in [1.165, 1.54) is 0 Å². The predicted octanol–water partition coefficient (Wildman–Crippen LogP) is 0.464. The monoisotopic (exact) mass is 147 g/mol. The fourth-order valence-electron chi connectivity index (χ4n) is 0.662. The number of nitrogens with one attached hydrogen (secondary N) is 1. The number of hydrogen-bond donors (Lipinski definition) is 3. The van der Waals surface area contributed by atoms with E-state index < -0.39 is 12.0 Å². The highest BCUT2D eigenvalue weighted by Crippen LogP contribution is 2.06. The molecule has 0 amide bonds. The number of carboxylic acid groups (broad SMARTS) is 1. The minimum atomic E-state index is -1.02. The Hall–Kier alpha value is -0.610. The summed E-state index contributed by atoms with van der Waals surface area (Å²) < 4.78 is 0. The summed E-state index contributed by atoms with van der Waals surface area (Å²) >= 11 is 0. The molecule has 0 unspecified atom stereocenters. The second kappa shape index (κ2) is 4.24. The summed E-state index contributed by atoms with van der Waals surface area (Å²) in [4.78, 5) is 10.3. The fourth-order valence-corrected chi connectivity index (χ4v) is 0.662. The van der Waals surface area contributed by atoms with E-state index in [0.29, 0.717) is 0 Å². The van der Waals surface area contributed by atoms with Gasteiger partial charge in [-0.2, -0.15) is 5.48 Å². The van der Waals surface area contributed by atoms with E-state index in [2.05, 4.69) is 0 Å². The molecule has 4 heteroatoms. The molecule has 60 valence electrons. The smallest absolute Gasteiger partial charge is 0.323 e. The van der Waals surface area contributed by atoms with Gasteiger partial charge in [0.05, 0.1) is 0 Å². The third kappa shape index (κ3) is 2.33. The molecule has 0 aromatic heterocycles. The lowest BCUT2D eigenvalue weighted by Crippen LogP contribution is -2.39. The summed E-state index contributed by atoms with van der Waals surface area (Å²) in [6.45, 7) is 3.64. The van der Waals surface area contributed by atoms with E-state index in [0.717, 1.165) is 6.42 Å². The van der Waals surface area contributed by atoms with Crippen LogP contribution in [0, 0.1) is 5.92 Å².